The molecular formula is C19H15N3O. The van der Waals surface area contributed by atoms with Crippen LogP contribution in [-0.2, 0) is 13.0 Å². The number of hydrogen-bond acceptors (Lipinski definition) is 3. The number of rotatable bonds is 2. The minimum atomic E-state index is 0.563. The van der Waals surface area contributed by atoms with Crippen LogP contribution < -0.4 is 0 Å². The number of aryl methyl sites for hydroxylation is 2. The Morgan fingerprint density at radius 2 is 1.78 bits per heavy atom. The van der Waals surface area contributed by atoms with E-state index in [2.05, 4.69) is 39.2 Å². The molecule has 0 N–H and O–H groups in total. The van der Waals surface area contributed by atoms with E-state index in [1.165, 1.54) is 22.9 Å². The van der Waals surface area contributed by atoms with Crippen molar-refractivity contribution in [2.24, 2.45) is 0 Å². The summed E-state index contributed by atoms with van der Waals surface area (Å²) in [7, 11) is 0. The fraction of sp³-hybridized carbons (Fsp3) is 0.158. The van der Waals surface area contributed by atoms with Gasteiger partial charge >= 0.3 is 0 Å². The van der Waals surface area contributed by atoms with Gasteiger partial charge in [-0.1, -0.05) is 36.4 Å². The van der Waals surface area contributed by atoms with Gasteiger partial charge in [0.2, 0.25) is 11.8 Å². The molecule has 0 fully saturated rings. The Morgan fingerprint density at radius 1 is 0.913 bits per heavy atom. The molecule has 3 heterocycles. The third-order valence-corrected chi connectivity index (χ3v) is 4.50. The van der Waals surface area contributed by atoms with Crippen LogP contribution in [0.1, 0.15) is 12.0 Å². The number of nitrogens with zero attached hydrogens (tertiary/aromatic N) is 3. The maximum atomic E-state index is 5.95. The van der Waals surface area contributed by atoms with Crippen LogP contribution in [0.15, 0.2) is 59.1 Å². The summed E-state index contributed by atoms with van der Waals surface area (Å²) in [5, 5.41) is 9.70. The normalized spacial score (nSPS) is 13.6. The van der Waals surface area contributed by atoms with Gasteiger partial charge in [0, 0.05) is 23.7 Å². The summed E-state index contributed by atoms with van der Waals surface area (Å²) in [6, 6.07) is 16.4. The molecule has 23 heavy (non-hydrogen) atoms. The topological polar surface area (TPSA) is 43.9 Å². The number of para-hydroxylation sites is 1. The van der Waals surface area contributed by atoms with Gasteiger partial charge in [0.05, 0.1) is 11.1 Å². The van der Waals surface area contributed by atoms with Crippen molar-refractivity contribution in [3.63, 3.8) is 0 Å². The highest BCUT2D eigenvalue weighted by atomic mass is 16.4. The molecule has 4 aromatic rings. The molecule has 2 aromatic carbocycles. The summed E-state index contributed by atoms with van der Waals surface area (Å²) < 4.78 is 8.26. The van der Waals surface area contributed by atoms with Gasteiger partial charge in [-0.25, -0.2) is 0 Å². The van der Waals surface area contributed by atoms with Crippen LogP contribution in [0.5, 0.6) is 0 Å². The summed E-state index contributed by atoms with van der Waals surface area (Å²) in [6.45, 7) is 1.05. The van der Waals surface area contributed by atoms with Crippen molar-refractivity contribution in [1.29, 1.82) is 0 Å². The van der Waals surface area contributed by atoms with E-state index in [-0.39, 0.29) is 0 Å². The fourth-order valence-electron chi connectivity index (χ4n) is 3.46. The molecule has 5 rings (SSSR count). The van der Waals surface area contributed by atoms with E-state index in [9.17, 15) is 0 Å². The average molecular weight is 301 g/mol. The lowest BCUT2D eigenvalue weighted by molar-refractivity contribution is 0.584. The summed E-state index contributed by atoms with van der Waals surface area (Å²) in [6.07, 6.45) is 4.47. The van der Waals surface area contributed by atoms with Gasteiger partial charge in [-0.2, -0.15) is 0 Å². The first-order valence-corrected chi connectivity index (χ1v) is 7.90. The summed E-state index contributed by atoms with van der Waals surface area (Å²) in [5.74, 6) is 1.15. The van der Waals surface area contributed by atoms with E-state index in [0.717, 1.165) is 24.1 Å². The Kier molecular flexibility index (Phi) is 2.65. The van der Waals surface area contributed by atoms with Gasteiger partial charge in [0.15, 0.2) is 0 Å². The van der Waals surface area contributed by atoms with Crippen LogP contribution in [0, 0.1) is 0 Å². The molecule has 0 atom stereocenters. The molecular weight excluding hydrogens is 286 g/mol. The quantitative estimate of drug-likeness (QED) is 0.554. The minimum absolute atomic E-state index is 0.563. The second-order valence-corrected chi connectivity index (χ2v) is 5.93. The van der Waals surface area contributed by atoms with Crippen LogP contribution in [0.3, 0.4) is 0 Å². The predicted octanol–water partition coefficient (Wildman–Crippen LogP) is 4.30. The van der Waals surface area contributed by atoms with Gasteiger partial charge in [0.25, 0.3) is 0 Å². The Labute approximate surface area is 133 Å². The number of aromatic nitrogens is 3. The zero-order valence-electron chi connectivity index (χ0n) is 12.6. The largest absolute Gasteiger partial charge is 0.416 e. The van der Waals surface area contributed by atoms with Crippen LogP contribution in [0.4, 0.5) is 0 Å². The molecule has 1 aliphatic heterocycles. The van der Waals surface area contributed by atoms with Gasteiger partial charge in [-0.15, -0.1) is 10.2 Å². The van der Waals surface area contributed by atoms with Crippen molar-refractivity contribution in [3.8, 4) is 22.9 Å². The highest BCUT2D eigenvalue weighted by Crippen LogP contribution is 2.35. The Morgan fingerprint density at radius 3 is 2.70 bits per heavy atom. The Hall–Kier alpha value is -2.88. The molecule has 4 heteroatoms. The van der Waals surface area contributed by atoms with E-state index < -0.39 is 0 Å². The summed E-state index contributed by atoms with van der Waals surface area (Å²) in [5.41, 5.74) is 4.69. The first-order valence-electron chi connectivity index (χ1n) is 7.90. The zero-order chi connectivity index (χ0) is 15.2. The van der Waals surface area contributed by atoms with E-state index >= 15 is 0 Å². The first kappa shape index (κ1) is 12.6. The highest BCUT2D eigenvalue weighted by molar-refractivity contribution is 5.96. The Bertz CT molecular complexity index is 998. The standard InChI is InChI=1S/C19H15N3O/c1-2-6-14(7-3-1)18-20-21-19(23-18)16-12-22-11-5-9-13-8-4-10-15(16)17(13)22/h1-4,6-8,10,12H,5,9,11H2. The molecule has 0 bridgehead atoms. The van der Waals surface area contributed by atoms with Gasteiger partial charge in [0.1, 0.15) is 0 Å². The summed E-state index contributed by atoms with van der Waals surface area (Å²) in [4.78, 5) is 0. The molecule has 0 unspecified atom stereocenters. The maximum absolute atomic E-state index is 5.95. The van der Waals surface area contributed by atoms with Crippen molar-refractivity contribution in [2.45, 2.75) is 19.4 Å². The lowest BCUT2D eigenvalue weighted by atomic mass is 10.0. The van der Waals surface area contributed by atoms with Gasteiger partial charge in [-0.3, -0.25) is 0 Å². The number of benzene rings is 2. The van der Waals surface area contributed by atoms with Crippen LogP contribution in [-0.4, -0.2) is 14.8 Å². The SMILES string of the molecule is c1ccc(-c2nnc(-c3cn4c5c(cccc35)CCC4)o2)cc1. The molecule has 112 valence electrons. The van der Waals surface area contributed by atoms with Crippen LogP contribution in [0.2, 0.25) is 0 Å². The van der Waals surface area contributed by atoms with E-state index in [1.54, 1.807) is 0 Å². The summed E-state index contributed by atoms with van der Waals surface area (Å²) >= 11 is 0. The third kappa shape index (κ3) is 1.91. The fourth-order valence-corrected chi connectivity index (χ4v) is 3.46. The third-order valence-electron chi connectivity index (χ3n) is 4.50. The Balaban J connectivity index is 1.68. The molecule has 1 aliphatic rings. The number of hydrogen-bond donors (Lipinski definition) is 0. The van der Waals surface area contributed by atoms with E-state index in [1.807, 2.05) is 30.3 Å². The minimum Gasteiger partial charge on any atom is -0.416 e. The predicted molar refractivity (Wildman–Crippen MR) is 89.0 cm³/mol. The lowest BCUT2D eigenvalue weighted by Gasteiger charge is -2.14. The average Bonchev–Trinajstić information content (AvgIpc) is 3.23. The maximum Gasteiger partial charge on any atom is 0.250 e. The molecule has 0 aliphatic carbocycles. The molecule has 0 amide bonds. The van der Waals surface area contributed by atoms with Crippen molar-refractivity contribution in [1.82, 2.24) is 14.8 Å². The highest BCUT2D eigenvalue weighted by Gasteiger charge is 2.20. The molecule has 2 aromatic heterocycles. The van der Waals surface area contributed by atoms with Crippen molar-refractivity contribution >= 4 is 10.9 Å². The smallest absolute Gasteiger partial charge is 0.250 e. The zero-order valence-corrected chi connectivity index (χ0v) is 12.6. The molecule has 0 saturated carbocycles. The molecule has 0 spiro atoms. The van der Waals surface area contributed by atoms with Crippen molar-refractivity contribution in [2.75, 3.05) is 0 Å². The second kappa shape index (κ2) is 4.81. The second-order valence-electron chi connectivity index (χ2n) is 5.93. The van der Waals surface area contributed by atoms with Crippen molar-refractivity contribution < 1.29 is 4.42 Å². The van der Waals surface area contributed by atoms with Crippen molar-refractivity contribution in [3.05, 3.63) is 60.3 Å². The van der Waals surface area contributed by atoms with Gasteiger partial charge < -0.3 is 8.98 Å². The van der Waals surface area contributed by atoms with E-state index in [0.29, 0.717) is 11.8 Å². The lowest BCUT2D eigenvalue weighted by Crippen LogP contribution is -2.05. The van der Waals surface area contributed by atoms with Crippen LogP contribution in [0.25, 0.3) is 33.8 Å². The molecule has 0 saturated heterocycles. The first-order chi connectivity index (χ1) is 11.4. The van der Waals surface area contributed by atoms with E-state index in [4.69, 9.17) is 4.42 Å². The monoisotopic (exact) mass is 301 g/mol. The molecule has 4 nitrogen and oxygen atoms in total. The molecule has 0 radical (unpaired) electrons. The van der Waals surface area contributed by atoms with Gasteiger partial charge in [-0.05, 0) is 30.5 Å². The van der Waals surface area contributed by atoms with Crippen LogP contribution >= 0.6 is 0 Å².